The molecule has 0 unspecified atom stereocenters. The van der Waals surface area contributed by atoms with Crippen LogP contribution in [0.4, 0.5) is 5.69 Å². The van der Waals surface area contributed by atoms with Crippen LogP contribution in [-0.2, 0) is 0 Å². The summed E-state index contributed by atoms with van der Waals surface area (Å²) in [5, 5.41) is 22.9. The van der Waals surface area contributed by atoms with Crippen molar-refractivity contribution in [2.75, 3.05) is 4.90 Å². The molecule has 0 bridgehead atoms. The summed E-state index contributed by atoms with van der Waals surface area (Å²) in [5.74, 6) is -0.253. The number of rotatable bonds is 8. The third-order valence-electron chi connectivity index (χ3n) is 6.82. The Balaban J connectivity index is 1.38. The summed E-state index contributed by atoms with van der Waals surface area (Å²) >= 11 is 5.79. The Morgan fingerprint density at radius 3 is 2.14 bits per heavy atom. The van der Waals surface area contributed by atoms with Crippen molar-refractivity contribution < 1.29 is 29.0 Å². The number of anilines is 1. The van der Waals surface area contributed by atoms with Crippen molar-refractivity contribution >= 4 is 35.0 Å². The highest BCUT2D eigenvalue weighted by atomic mass is 32.1. The molecular weight excluding hydrogens is 554 g/mol. The average Bonchev–Trinajstić information content (AvgIpc) is 3.63. The van der Waals surface area contributed by atoms with Gasteiger partial charge in [-0.2, -0.15) is 0 Å². The largest absolute Gasteiger partial charge is 0.478 e. The van der Waals surface area contributed by atoms with E-state index in [0.29, 0.717) is 27.9 Å². The second-order valence-corrected chi connectivity index (χ2v) is 9.90. The van der Waals surface area contributed by atoms with Crippen LogP contribution in [0.1, 0.15) is 44.3 Å². The Morgan fingerprint density at radius 2 is 1.50 bits per heavy atom. The van der Waals surface area contributed by atoms with E-state index in [4.69, 9.17) is 21.4 Å². The lowest BCUT2D eigenvalue weighted by molar-refractivity contribution is 0.0696. The molecule has 42 heavy (non-hydrogen) atoms. The number of thiocarbonyl (C=S) groups is 1. The second kappa shape index (κ2) is 11.2. The molecule has 1 aliphatic rings. The normalized spacial score (nSPS) is 16.2. The number of hydrogen-bond donors (Lipinski definition) is 3. The molecule has 3 aromatic carbocycles. The number of carbonyl (C=O) groups is 2. The maximum Gasteiger partial charge on any atom is 0.335 e. The van der Waals surface area contributed by atoms with Crippen LogP contribution in [0.3, 0.4) is 0 Å². The molecule has 1 fully saturated rings. The van der Waals surface area contributed by atoms with Crippen molar-refractivity contribution in [1.82, 2.24) is 10.3 Å². The first-order chi connectivity index (χ1) is 20.4. The lowest BCUT2D eigenvalue weighted by Gasteiger charge is -2.26. The Kier molecular flexibility index (Phi) is 7.12. The zero-order chi connectivity index (χ0) is 29.2. The van der Waals surface area contributed by atoms with Crippen LogP contribution in [0.2, 0.25) is 0 Å². The maximum absolute atomic E-state index is 11.7. The molecule has 3 N–H and O–H groups in total. The van der Waals surface area contributed by atoms with Crippen molar-refractivity contribution in [2.24, 2.45) is 0 Å². The van der Waals surface area contributed by atoms with Gasteiger partial charge in [-0.25, -0.2) is 9.59 Å². The van der Waals surface area contributed by atoms with E-state index in [0.717, 1.165) is 23.2 Å². The van der Waals surface area contributed by atoms with Gasteiger partial charge in [-0.3, -0.25) is 4.98 Å². The first kappa shape index (κ1) is 26.7. The van der Waals surface area contributed by atoms with E-state index in [1.807, 2.05) is 77.7 Å². The molecule has 1 aliphatic heterocycles. The van der Waals surface area contributed by atoms with Gasteiger partial charge in [-0.05, 0) is 91.1 Å². The van der Waals surface area contributed by atoms with Gasteiger partial charge in [0.2, 0.25) is 0 Å². The lowest BCUT2D eigenvalue weighted by atomic mass is 10.0. The standard InChI is InChI=1S/C32H23N3O6S/c36-30(37)20-16-19(17-21(18-20)31(38)39)26-13-14-27(41-26)29-28(25-8-4-5-15-33-25)34-32(42)35(29)22-9-11-24(12-10-22)40-23-6-2-1-3-7-23/h1-18,28-29H,(H,34,42)(H,36,37)(H,38,39)/t28-,29-/m0/s1. The van der Waals surface area contributed by atoms with Gasteiger partial charge in [0, 0.05) is 17.4 Å². The summed E-state index contributed by atoms with van der Waals surface area (Å²) in [5.41, 5.74) is 1.55. The van der Waals surface area contributed by atoms with Gasteiger partial charge in [-0.15, -0.1) is 0 Å². The van der Waals surface area contributed by atoms with Crippen LogP contribution in [-0.4, -0.2) is 32.2 Å². The van der Waals surface area contributed by atoms with E-state index < -0.39 is 18.0 Å². The van der Waals surface area contributed by atoms with Gasteiger partial charge >= 0.3 is 11.9 Å². The van der Waals surface area contributed by atoms with Crippen molar-refractivity contribution in [1.29, 1.82) is 0 Å². The predicted molar refractivity (Wildman–Crippen MR) is 159 cm³/mol. The highest BCUT2D eigenvalue weighted by molar-refractivity contribution is 7.80. The third kappa shape index (κ3) is 5.30. The van der Waals surface area contributed by atoms with Crippen LogP contribution in [0.5, 0.6) is 11.5 Å². The first-order valence-electron chi connectivity index (χ1n) is 12.9. The number of ether oxygens (including phenoxy) is 1. The fraction of sp³-hybridized carbons (Fsp3) is 0.0625. The number of carboxylic acid groups (broad SMARTS) is 2. The lowest BCUT2D eigenvalue weighted by Crippen LogP contribution is -2.29. The molecular formula is C32H23N3O6S. The van der Waals surface area contributed by atoms with Gasteiger partial charge < -0.3 is 29.6 Å². The number of aromatic nitrogens is 1. The molecule has 2 aromatic heterocycles. The fourth-order valence-corrected chi connectivity index (χ4v) is 5.25. The molecule has 2 atom stereocenters. The number of nitrogens with zero attached hydrogens (tertiary/aromatic N) is 2. The SMILES string of the molecule is O=C(O)c1cc(C(=O)O)cc(-c2ccc([C@H]3[C@H](c4ccccn4)NC(=S)N3c3ccc(Oc4ccccc4)cc3)o2)c1. The molecule has 9 nitrogen and oxygen atoms in total. The molecule has 10 heteroatoms. The van der Waals surface area contributed by atoms with Gasteiger partial charge in [0.15, 0.2) is 5.11 Å². The van der Waals surface area contributed by atoms with E-state index in [1.165, 1.54) is 12.1 Å². The minimum atomic E-state index is -1.24. The van der Waals surface area contributed by atoms with Gasteiger partial charge in [0.05, 0.1) is 22.9 Å². The third-order valence-corrected chi connectivity index (χ3v) is 7.14. The van der Waals surface area contributed by atoms with Crippen molar-refractivity contribution in [3.8, 4) is 22.8 Å². The van der Waals surface area contributed by atoms with E-state index in [2.05, 4.69) is 10.3 Å². The quantitative estimate of drug-likeness (QED) is 0.171. The Hall–Kier alpha value is -5.48. The Morgan fingerprint density at radius 1 is 0.833 bits per heavy atom. The molecule has 5 aromatic rings. The van der Waals surface area contributed by atoms with Crippen LogP contribution in [0, 0.1) is 0 Å². The highest BCUT2D eigenvalue weighted by Gasteiger charge is 2.42. The van der Waals surface area contributed by atoms with E-state index in [1.54, 1.807) is 18.3 Å². The number of pyridine rings is 1. The molecule has 0 aliphatic carbocycles. The molecule has 3 heterocycles. The second-order valence-electron chi connectivity index (χ2n) is 9.52. The molecule has 6 rings (SSSR count). The summed E-state index contributed by atoms with van der Waals surface area (Å²) < 4.78 is 12.2. The number of furan rings is 1. The van der Waals surface area contributed by atoms with Crippen LogP contribution >= 0.6 is 12.2 Å². The summed E-state index contributed by atoms with van der Waals surface area (Å²) in [7, 11) is 0. The monoisotopic (exact) mass is 577 g/mol. The number of benzene rings is 3. The fourth-order valence-electron chi connectivity index (χ4n) is 4.91. The number of aromatic carboxylic acids is 2. The van der Waals surface area contributed by atoms with Crippen LogP contribution in [0.25, 0.3) is 11.3 Å². The Bertz CT molecular complexity index is 1740. The molecule has 0 spiro atoms. The summed E-state index contributed by atoms with van der Waals surface area (Å²) in [6.45, 7) is 0. The average molecular weight is 578 g/mol. The summed E-state index contributed by atoms with van der Waals surface area (Å²) in [6, 6.07) is 29.1. The number of nitrogens with one attached hydrogen (secondary N) is 1. The van der Waals surface area contributed by atoms with Crippen molar-refractivity contribution in [3.05, 3.63) is 132 Å². The maximum atomic E-state index is 11.7. The zero-order valence-electron chi connectivity index (χ0n) is 21.9. The number of para-hydroxylation sites is 1. The summed E-state index contributed by atoms with van der Waals surface area (Å²) in [6.07, 6.45) is 1.70. The predicted octanol–water partition coefficient (Wildman–Crippen LogP) is 6.71. The summed E-state index contributed by atoms with van der Waals surface area (Å²) in [4.78, 5) is 29.8. The molecule has 0 radical (unpaired) electrons. The number of hydrogen-bond acceptors (Lipinski definition) is 6. The van der Waals surface area contributed by atoms with Gasteiger partial charge in [0.25, 0.3) is 0 Å². The van der Waals surface area contributed by atoms with Crippen molar-refractivity contribution in [2.45, 2.75) is 12.1 Å². The first-order valence-corrected chi connectivity index (χ1v) is 13.3. The molecule has 208 valence electrons. The smallest absolute Gasteiger partial charge is 0.335 e. The van der Waals surface area contributed by atoms with E-state index in [9.17, 15) is 19.8 Å². The van der Waals surface area contributed by atoms with Gasteiger partial charge in [-0.1, -0.05) is 24.3 Å². The Labute approximate surface area is 245 Å². The highest BCUT2D eigenvalue weighted by Crippen LogP contribution is 2.43. The minimum absolute atomic E-state index is 0.155. The molecule has 0 saturated carbocycles. The van der Waals surface area contributed by atoms with Crippen molar-refractivity contribution in [3.63, 3.8) is 0 Å². The topological polar surface area (TPSA) is 125 Å². The minimum Gasteiger partial charge on any atom is -0.478 e. The number of carboxylic acids is 2. The van der Waals surface area contributed by atoms with E-state index in [-0.39, 0.29) is 17.2 Å². The molecule has 1 saturated heterocycles. The van der Waals surface area contributed by atoms with Gasteiger partial charge in [0.1, 0.15) is 29.1 Å². The zero-order valence-corrected chi connectivity index (χ0v) is 22.7. The molecule has 0 amide bonds. The van der Waals surface area contributed by atoms with Crippen LogP contribution < -0.4 is 15.0 Å². The van der Waals surface area contributed by atoms with Crippen LogP contribution in [0.15, 0.2) is 114 Å². The van der Waals surface area contributed by atoms with E-state index >= 15 is 0 Å².